The van der Waals surface area contributed by atoms with Crippen LogP contribution in [0.2, 0.25) is 0 Å². The summed E-state index contributed by atoms with van der Waals surface area (Å²) in [6.45, 7) is -2.13. The van der Waals surface area contributed by atoms with Gasteiger partial charge in [-0.1, -0.05) is 0 Å². The number of hydrogen-bond acceptors (Lipinski definition) is 1. The summed E-state index contributed by atoms with van der Waals surface area (Å²) in [6.07, 6.45) is 2.83. The van der Waals surface area contributed by atoms with Gasteiger partial charge in [-0.15, -0.1) is 0 Å². The van der Waals surface area contributed by atoms with E-state index in [9.17, 15) is 0 Å². The van der Waals surface area contributed by atoms with Crippen molar-refractivity contribution in [1.82, 2.24) is 9.55 Å². The van der Waals surface area contributed by atoms with E-state index in [-0.39, 0.29) is 0 Å². The van der Waals surface area contributed by atoms with Crippen LogP contribution in [0.1, 0.15) is 4.11 Å². The van der Waals surface area contributed by atoms with Crippen molar-refractivity contribution in [2.24, 2.45) is 6.98 Å². The number of halogens is 1. The highest BCUT2D eigenvalue weighted by Gasteiger charge is 1.86. The van der Waals surface area contributed by atoms with Crippen LogP contribution < -0.4 is 0 Å². The molecule has 0 bridgehead atoms. The van der Waals surface area contributed by atoms with E-state index in [4.69, 9.17) is 4.11 Å². The van der Waals surface area contributed by atoms with Crippen molar-refractivity contribution >= 4 is 15.9 Å². The van der Waals surface area contributed by atoms with Gasteiger partial charge in [0, 0.05) is 23.5 Å². The first kappa shape index (κ1) is 2.31. The predicted octanol–water partition coefficient (Wildman–Crippen LogP) is 1.18. The van der Waals surface area contributed by atoms with Crippen LogP contribution in [0.5, 0.6) is 0 Å². The number of rotatable bonds is 0. The minimum atomic E-state index is -2.13. The van der Waals surface area contributed by atoms with E-state index in [1.165, 1.54) is 12.4 Å². The molecule has 0 amide bonds. The zero-order valence-corrected chi connectivity index (χ0v) is 5.01. The highest BCUT2D eigenvalue weighted by Crippen LogP contribution is 2.01. The third-order valence-electron chi connectivity index (χ3n) is 0.596. The molecule has 2 nitrogen and oxygen atoms in total. The molecule has 0 aromatic carbocycles. The zero-order valence-electron chi connectivity index (χ0n) is 6.43. The Kier molecular flexibility index (Phi) is 0.546. The maximum atomic E-state index is 6.96. The van der Waals surface area contributed by atoms with Gasteiger partial charge in [0.25, 0.3) is 0 Å². The number of aryl methyl sites for hydroxylation is 1. The number of imidazole rings is 1. The Labute approximate surface area is 54.5 Å². The van der Waals surface area contributed by atoms with E-state index in [1.807, 2.05) is 0 Å². The third-order valence-corrected chi connectivity index (χ3v) is 1.18. The molecule has 0 unspecified atom stereocenters. The van der Waals surface area contributed by atoms with Gasteiger partial charge < -0.3 is 4.57 Å². The molecule has 0 spiro atoms. The molecule has 38 valence electrons. The standard InChI is InChI=1S/C4H5BrN2/c1-7-3-2-6-4(7)5/h2-3H,1H3/i1D3. The zero-order chi connectivity index (χ0) is 7.78. The van der Waals surface area contributed by atoms with Crippen molar-refractivity contribution in [3.05, 3.63) is 17.1 Å². The Balaban J connectivity index is 3.05. The second-order valence-corrected chi connectivity index (χ2v) is 1.78. The van der Waals surface area contributed by atoms with E-state index in [2.05, 4.69) is 20.9 Å². The molecule has 1 rings (SSSR count). The minimum absolute atomic E-state index is 0.326. The summed E-state index contributed by atoms with van der Waals surface area (Å²) in [4.78, 5) is 3.70. The Morgan fingerprint density at radius 3 is 3.29 bits per heavy atom. The Hall–Kier alpha value is -0.310. The summed E-state index contributed by atoms with van der Waals surface area (Å²) in [5.41, 5.74) is 0. The first-order chi connectivity index (χ1) is 4.52. The molecule has 7 heavy (non-hydrogen) atoms. The molecule has 0 aliphatic rings. The van der Waals surface area contributed by atoms with Gasteiger partial charge in [-0.25, -0.2) is 4.98 Å². The molecule has 0 fully saturated rings. The van der Waals surface area contributed by atoms with Crippen molar-refractivity contribution in [2.75, 3.05) is 0 Å². The van der Waals surface area contributed by atoms with E-state index >= 15 is 0 Å². The summed E-state index contributed by atoms with van der Waals surface area (Å²) in [7, 11) is 0. The van der Waals surface area contributed by atoms with Gasteiger partial charge in [0.05, 0.1) is 0 Å². The highest BCUT2D eigenvalue weighted by molar-refractivity contribution is 9.10. The maximum Gasteiger partial charge on any atom is 0.176 e. The number of aromatic nitrogens is 2. The summed E-state index contributed by atoms with van der Waals surface area (Å²) < 4.78 is 22.3. The van der Waals surface area contributed by atoms with Gasteiger partial charge in [0.1, 0.15) is 0 Å². The molecule has 0 atom stereocenters. The molecule has 0 radical (unpaired) electrons. The molecule has 1 aromatic rings. The van der Waals surface area contributed by atoms with Crippen LogP contribution in [0.15, 0.2) is 17.1 Å². The maximum absolute atomic E-state index is 6.96. The first-order valence-corrected chi connectivity index (χ1v) is 2.50. The second kappa shape index (κ2) is 1.66. The van der Waals surface area contributed by atoms with E-state index < -0.39 is 6.98 Å². The fourth-order valence-corrected chi connectivity index (χ4v) is 0.522. The molecule has 0 saturated carbocycles. The fraction of sp³-hybridized carbons (Fsp3) is 0.250. The quantitative estimate of drug-likeness (QED) is 0.562. The third kappa shape index (κ3) is 0.825. The minimum Gasteiger partial charge on any atom is -0.329 e. The van der Waals surface area contributed by atoms with Crippen molar-refractivity contribution in [2.45, 2.75) is 0 Å². The van der Waals surface area contributed by atoms with Gasteiger partial charge in [0.2, 0.25) is 0 Å². The molecule has 0 saturated heterocycles. The Morgan fingerprint density at radius 2 is 3.00 bits per heavy atom. The average molecular weight is 164 g/mol. The lowest BCUT2D eigenvalue weighted by Gasteiger charge is -1.85. The molecule has 0 N–H and O–H groups in total. The van der Waals surface area contributed by atoms with Crippen molar-refractivity contribution in [3.63, 3.8) is 0 Å². The molecule has 3 heteroatoms. The SMILES string of the molecule is [2H]C([2H])([2H])n1ccnc1Br. The van der Waals surface area contributed by atoms with Crippen LogP contribution in [0.3, 0.4) is 0 Å². The second-order valence-electron chi connectivity index (χ2n) is 1.07. The van der Waals surface area contributed by atoms with Crippen LogP contribution >= 0.6 is 15.9 Å². The summed E-state index contributed by atoms with van der Waals surface area (Å²) in [5.74, 6) is 0. The monoisotopic (exact) mass is 163 g/mol. The fourth-order valence-electron chi connectivity index (χ4n) is 0.285. The Bertz CT molecular complexity index is 229. The first-order valence-electron chi connectivity index (χ1n) is 3.21. The van der Waals surface area contributed by atoms with E-state index in [1.54, 1.807) is 0 Å². The van der Waals surface area contributed by atoms with Gasteiger partial charge in [0.15, 0.2) is 4.73 Å². The Morgan fingerprint density at radius 1 is 2.14 bits per heavy atom. The summed E-state index contributed by atoms with van der Waals surface area (Å²) >= 11 is 2.99. The van der Waals surface area contributed by atoms with Crippen LogP contribution in [-0.2, 0) is 6.98 Å². The van der Waals surface area contributed by atoms with Gasteiger partial charge in [-0.2, -0.15) is 0 Å². The van der Waals surface area contributed by atoms with Crippen molar-refractivity contribution in [1.29, 1.82) is 0 Å². The van der Waals surface area contributed by atoms with E-state index in [0.717, 1.165) is 4.57 Å². The number of hydrogen-bond donors (Lipinski definition) is 0. The summed E-state index contributed by atoms with van der Waals surface area (Å²) in [6, 6.07) is 0. The van der Waals surface area contributed by atoms with Gasteiger partial charge in [-0.3, -0.25) is 0 Å². The average Bonchev–Trinajstić information content (AvgIpc) is 2.11. The van der Waals surface area contributed by atoms with Crippen molar-refractivity contribution in [3.8, 4) is 0 Å². The van der Waals surface area contributed by atoms with Crippen LogP contribution in [-0.4, -0.2) is 9.55 Å². The molecule has 0 aliphatic heterocycles. The topological polar surface area (TPSA) is 17.8 Å². The molecule has 0 aliphatic carbocycles. The molecular weight excluding hydrogens is 156 g/mol. The molecule has 1 heterocycles. The van der Waals surface area contributed by atoms with Crippen molar-refractivity contribution < 1.29 is 4.11 Å². The lowest BCUT2D eigenvalue weighted by Crippen LogP contribution is -1.82. The highest BCUT2D eigenvalue weighted by atomic mass is 79.9. The lowest BCUT2D eigenvalue weighted by atomic mass is 10.9. The lowest BCUT2D eigenvalue weighted by molar-refractivity contribution is 0.881. The van der Waals surface area contributed by atoms with E-state index in [0.29, 0.717) is 4.73 Å². The molecule has 1 aromatic heterocycles. The summed E-state index contributed by atoms with van der Waals surface area (Å²) in [5, 5.41) is 0. The van der Waals surface area contributed by atoms with Crippen LogP contribution in [0.25, 0.3) is 0 Å². The van der Waals surface area contributed by atoms with Gasteiger partial charge in [-0.05, 0) is 15.9 Å². The largest absolute Gasteiger partial charge is 0.329 e. The number of nitrogens with zero attached hydrogens (tertiary/aromatic N) is 2. The van der Waals surface area contributed by atoms with Crippen LogP contribution in [0.4, 0.5) is 0 Å². The molecular formula is C4H5BrN2. The normalized spacial score (nSPS) is 17.6. The van der Waals surface area contributed by atoms with Crippen LogP contribution in [0, 0.1) is 0 Å². The predicted molar refractivity (Wildman–Crippen MR) is 30.9 cm³/mol. The van der Waals surface area contributed by atoms with Gasteiger partial charge >= 0.3 is 0 Å². The smallest absolute Gasteiger partial charge is 0.176 e.